The summed E-state index contributed by atoms with van der Waals surface area (Å²) in [6.45, 7) is 2.41. The third-order valence-electron chi connectivity index (χ3n) is 4.70. The van der Waals surface area contributed by atoms with Crippen molar-refractivity contribution < 1.29 is 13.2 Å². The van der Waals surface area contributed by atoms with Crippen LogP contribution in [-0.2, 0) is 17.1 Å². The van der Waals surface area contributed by atoms with Gasteiger partial charge in [0, 0.05) is 31.9 Å². The van der Waals surface area contributed by atoms with Gasteiger partial charge in [0.15, 0.2) is 0 Å². The molecular weight excluding hydrogens is 411 g/mol. The summed E-state index contributed by atoms with van der Waals surface area (Å²) in [6, 6.07) is 7.87. The molecule has 0 N–H and O–H groups in total. The molecule has 1 aliphatic heterocycles. The molecular formula is C18H20Cl2N2O4S. The first-order valence-corrected chi connectivity index (χ1v) is 10.7. The van der Waals surface area contributed by atoms with E-state index in [0.29, 0.717) is 31.7 Å². The Kier molecular flexibility index (Phi) is 5.86. The van der Waals surface area contributed by atoms with Gasteiger partial charge in [-0.05, 0) is 38.0 Å². The van der Waals surface area contributed by atoms with Gasteiger partial charge >= 0.3 is 0 Å². The highest BCUT2D eigenvalue weighted by atomic mass is 35.5. The topological polar surface area (TPSA) is 68.6 Å². The molecule has 3 rings (SSSR count). The van der Waals surface area contributed by atoms with Crippen LogP contribution in [0.25, 0.3) is 0 Å². The lowest BCUT2D eigenvalue weighted by molar-refractivity contribution is 0.134. The Balaban J connectivity index is 1.71. The SMILES string of the molecule is Cc1cc(OC2CCN(S(=O)(=O)c3c(Cl)cccc3Cl)CC2)cc(=O)n1C. The van der Waals surface area contributed by atoms with E-state index < -0.39 is 10.0 Å². The molecule has 1 saturated heterocycles. The van der Waals surface area contributed by atoms with Crippen molar-refractivity contribution in [1.29, 1.82) is 0 Å². The van der Waals surface area contributed by atoms with Gasteiger partial charge in [0.1, 0.15) is 16.7 Å². The van der Waals surface area contributed by atoms with Crippen LogP contribution in [-0.4, -0.2) is 36.5 Å². The standard InChI is InChI=1S/C18H20Cl2N2O4S/c1-12-10-14(11-17(23)21(12)2)26-13-6-8-22(9-7-13)27(24,25)18-15(19)4-3-5-16(18)20/h3-5,10-11,13H,6-9H2,1-2H3. The third-order valence-corrected chi connectivity index (χ3v) is 7.55. The van der Waals surface area contributed by atoms with Crippen molar-refractivity contribution in [3.63, 3.8) is 0 Å². The van der Waals surface area contributed by atoms with E-state index in [9.17, 15) is 13.2 Å². The molecule has 27 heavy (non-hydrogen) atoms. The monoisotopic (exact) mass is 430 g/mol. The Morgan fingerprint density at radius 3 is 2.26 bits per heavy atom. The summed E-state index contributed by atoms with van der Waals surface area (Å²) in [7, 11) is -2.08. The third kappa shape index (κ3) is 4.16. The molecule has 1 fully saturated rings. The van der Waals surface area contributed by atoms with Crippen LogP contribution in [0, 0.1) is 6.92 Å². The molecule has 146 valence electrons. The van der Waals surface area contributed by atoms with E-state index in [1.165, 1.54) is 27.1 Å². The zero-order chi connectivity index (χ0) is 19.8. The molecule has 6 nitrogen and oxygen atoms in total. The quantitative estimate of drug-likeness (QED) is 0.746. The molecule has 0 aliphatic carbocycles. The highest BCUT2D eigenvalue weighted by Gasteiger charge is 2.33. The number of nitrogens with zero attached hydrogens (tertiary/aromatic N) is 2. The van der Waals surface area contributed by atoms with E-state index in [1.807, 2.05) is 6.92 Å². The zero-order valence-corrected chi connectivity index (χ0v) is 17.3. The van der Waals surface area contributed by atoms with Gasteiger partial charge in [-0.2, -0.15) is 4.31 Å². The molecule has 0 amide bonds. The number of hydrogen-bond donors (Lipinski definition) is 0. The summed E-state index contributed by atoms with van der Waals surface area (Å²) in [5, 5.41) is 0.216. The van der Waals surface area contributed by atoms with Crippen LogP contribution in [0.2, 0.25) is 10.0 Å². The summed E-state index contributed by atoms with van der Waals surface area (Å²) in [4.78, 5) is 11.8. The molecule has 1 aromatic heterocycles. The fourth-order valence-corrected chi connectivity index (χ4v) is 5.61. The molecule has 0 unspecified atom stereocenters. The van der Waals surface area contributed by atoms with Crippen molar-refractivity contribution in [3.8, 4) is 5.75 Å². The predicted molar refractivity (Wildman–Crippen MR) is 105 cm³/mol. The Hall–Kier alpha value is -1.54. The van der Waals surface area contributed by atoms with Crippen molar-refractivity contribution in [2.75, 3.05) is 13.1 Å². The second-order valence-corrected chi connectivity index (χ2v) is 9.19. The number of piperidine rings is 1. The van der Waals surface area contributed by atoms with Gasteiger partial charge in [0.2, 0.25) is 10.0 Å². The molecule has 9 heteroatoms. The van der Waals surface area contributed by atoms with Gasteiger partial charge in [-0.25, -0.2) is 8.42 Å². The van der Waals surface area contributed by atoms with Crippen molar-refractivity contribution in [1.82, 2.24) is 8.87 Å². The van der Waals surface area contributed by atoms with E-state index in [4.69, 9.17) is 27.9 Å². The number of aryl methyl sites for hydroxylation is 1. The summed E-state index contributed by atoms with van der Waals surface area (Å²) in [5.74, 6) is 0.506. The minimum atomic E-state index is -3.78. The van der Waals surface area contributed by atoms with Crippen LogP contribution >= 0.6 is 23.2 Å². The van der Waals surface area contributed by atoms with E-state index in [0.717, 1.165) is 5.69 Å². The maximum Gasteiger partial charge on any atom is 0.254 e. The van der Waals surface area contributed by atoms with Gasteiger partial charge in [-0.1, -0.05) is 29.3 Å². The van der Waals surface area contributed by atoms with E-state index >= 15 is 0 Å². The number of ether oxygens (including phenoxy) is 1. The normalized spacial score (nSPS) is 16.4. The predicted octanol–water partition coefficient (Wildman–Crippen LogP) is 3.23. The van der Waals surface area contributed by atoms with Gasteiger partial charge in [0.05, 0.1) is 10.0 Å². The maximum absolute atomic E-state index is 12.9. The second kappa shape index (κ2) is 7.83. The lowest BCUT2D eigenvalue weighted by Crippen LogP contribution is -2.42. The Bertz CT molecular complexity index is 992. The van der Waals surface area contributed by atoms with Gasteiger partial charge < -0.3 is 9.30 Å². The summed E-state index contributed by atoms with van der Waals surface area (Å²) in [6.07, 6.45) is 0.857. The van der Waals surface area contributed by atoms with Crippen molar-refractivity contribution in [3.05, 3.63) is 56.4 Å². The lowest BCUT2D eigenvalue weighted by atomic mass is 10.1. The first-order valence-electron chi connectivity index (χ1n) is 8.48. The fraction of sp³-hybridized carbons (Fsp3) is 0.389. The van der Waals surface area contributed by atoms with E-state index in [-0.39, 0.29) is 26.6 Å². The summed E-state index contributed by atoms with van der Waals surface area (Å²) in [5.41, 5.74) is 0.657. The van der Waals surface area contributed by atoms with Crippen LogP contribution in [0.5, 0.6) is 5.75 Å². The molecule has 0 spiro atoms. The molecule has 1 aromatic carbocycles. The van der Waals surface area contributed by atoms with Gasteiger partial charge in [0.25, 0.3) is 5.56 Å². The van der Waals surface area contributed by atoms with Crippen molar-refractivity contribution >= 4 is 33.2 Å². The average molecular weight is 431 g/mol. The summed E-state index contributed by atoms with van der Waals surface area (Å²) >= 11 is 12.1. The number of rotatable bonds is 4. The maximum atomic E-state index is 12.9. The number of pyridine rings is 1. The molecule has 0 bridgehead atoms. The number of sulfonamides is 1. The number of aromatic nitrogens is 1. The first-order chi connectivity index (χ1) is 12.7. The Labute approximate surface area is 168 Å². The van der Waals surface area contributed by atoms with Crippen molar-refractivity contribution in [2.24, 2.45) is 7.05 Å². The lowest BCUT2D eigenvalue weighted by Gasteiger charge is -2.31. The van der Waals surface area contributed by atoms with Crippen molar-refractivity contribution in [2.45, 2.75) is 30.8 Å². The fourth-order valence-electron chi connectivity index (χ4n) is 3.05. The van der Waals surface area contributed by atoms with Crippen LogP contribution in [0.15, 0.2) is 40.0 Å². The molecule has 0 saturated carbocycles. The van der Waals surface area contributed by atoms with Crippen LogP contribution in [0.1, 0.15) is 18.5 Å². The van der Waals surface area contributed by atoms with Crippen LogP contribution in [0.3, 0.4) is 0 Å². The largest absolute Gasteiger partial charge is 0.490 e. The summed E-state index contributed by atoms with van der Waals surface area (Å²) < 4.78 is 34.6. The van der Waals surface area contributed by atoms with E-state index in [2.05, 4.69) is 0 Å². The second-order valence-electron chi connectivity index (χ2n) is 6.50. The molecule has 0 atom stereocenters. The van der Waals surface area contributed by atoms with Crippen LogP contribution < -0.4 is 10.3 Å². The minimum Gasteiger partial charge on any atom is -0.490 e. The van der Waals surface area contributed by atoms with E-state index in [1.54, 1.807) is 19.2 Å². The number of hydrogen-bond acceptors (Lipinski definition) is 4. The molecule has 0 radical (unpaired) electrons. The van der Waals surface area contributed by atoms with Gasteiger partial charge in [-0.3, -0.25) is 4.79 Å². The molecule has 1 aliphatic rings. The average Bonchev–Trinajstić information content (AvgIpc) is 2.60. The molecule has 2 aromatic rings. The number of benzene rings is 1. The first kappa shape index (κ1) is 20.2. The Morgan fingerprint density at radius 1 is 1.11 bits per heavy atom. The zero-order valence-electron chi connectivity index (χ0n) is 15.0. The number of halogens is 2. The van der Waals surface area contributed by atoms with Crippen LogP contribution in [0.4, 0.5) is 0 Å². The molecule has 2 heterocycles. The highest BCUT2D eigenvalue weighted by Crippen LogP contribution is 2.33. The highest BCUT2D eigenvalue weighted by molar-refractivity contribution is 7.89. The minimum absolute atomic E-state index is 0.0603. The smallest absolute Gasteiger partial charge is 0.254 e. The Morgan fingerprint density at radius 2 is 1.70 bits per heavy atom. The van der Waals surface area contributed by atoms with Gasteiger partial charge in [-0.15, -0.1) is 0 Å².